The van der Waals surface area contributed by atoms with E-state index < -0.39 is 10.0 Å². The van der Waals surface area contributed by atoms with Gasteiger partial charge in [0.15, 0.2) is 5.78 Å². The Morgan fingerprint density at radius 1 is 1.29 bits per heavy atom. The first kappa shape index (κ1) is 15.7. The Balaban J connectivity index is 2.38. The molecule has 0 atom stereocenters. The van der Waals surface area contributed by atoms with Crippen LogP contribution in [0.4, 0.5) is 5.82 Å². The standard InChI is InChI=1S/C14H13BrN2O3S/c1-9-6-12(15)8-16-14(9)17-21(19,20)13-5-3-4-11(7-13)10(2)18/h3-8H,1-2H3,(H,16,17). The summed E-state index contributed by atoms with van der Waals surface area (Å²) in [6, 6.07) is 7.65. The number of rotatable bonds is 4. The molecule has 0 saturated carbocycles. The number of pyridine rings is 1. The van der Waals surface area contributed by atoms with Crippen molar-refractivity contribution in [3.05, 3.63) is 52.1 Å². The Labute approximate surface area is 131 Å². The van der Waals surface area contributed by atoms with Crippen molar-refractivity contribution < 1.29 is 13.2 Å². The van der Waals surface area contributed by atoms with Crippen LogP contribution in [0.25, 0.3) is 0 Å². The highest BCUT2D eigenvalue weighted by Crippen LogP contribution is 2.21. The van der Waals surface area contributed by atoms with Gasteiger partial charge in [0.05, 0.1) is 4.90 Å². The summed E-state index contributed by atoms with van der Waals surface area (Å²) >= 11 is 3.27. The third-order valence-corrected chi connectivity index (χ3v) is 4.60. The Morgan fingerprint density at radius 2 is 2.00 bits per heavy atom. The highest BCUT2D eigenvalue weighted by Gasteiger charge is 2.17. The van der Waals surface area contributed by atoms with E-state index in [0.29, 0.717) is 11.1 Å². The van der Waals surface area contributed by atoms with Gasteiger partial charge in [-0.1, -0.05) is 12.1 Å². The van der Waals surface area contributed by atoms with Crippen LogP contribution in [0.2, 0.25) is 0 Å². The number of nitrogens with one attached hydrogen (secondary N) is 1. The number of sulfonamides is 1. The molecule has 1 heterocycles. The molecule has 2 rings (SSSR count). The number of benzene rings is 1. The number of aryl methyl sites for hydroxylation is 1. The lowest BCUT2D eigenvalue weighted by molar-refractivity contribution is 0.101. The molecule has 1 aromatic heterocycles. The quantitative estimate of drug-likeness (QED) is 0.840. The number of anilines is 1. The van der Waals surface area contributed by atoms with Crippen molar-refractivity contribution in [1.82, 2.24) is 4.98 Å². The molecule has 110 valence electrons. The molecule has 0 aliphatic heterocycles. The number of nitrogens with zero attached hydrogens (tertiary/aromatic N) is 1. The van der Waals surface area contributed by atoms with Gasteiger partial charge in [0, 0.05) is 16.2 Å². The van der Waals surface area contributed by atoms with Crippen LogP contribution >= 0.6 is 15.9 Å². The van der Waals surface area contributed by atoms with Gasteiger partial charge < -0.3 is 0 Å². The summed E-state index contributed by atoms with van der Waals surface area (Å²) < 4.78 is 27.9. The molecule has 0 saturated heterocycles. The topological polar surface area (TPSA) is 76.1 Å². The van der Waals surface area contributed by atoms with Crippen LogP contribution in [-0.4, -0.2) is 19.2 Å². The van der Waals surface area contributed by atoms with E-state index in [1.807, 2.05) is 0 Å². The number of hydrogen-bond acceptors (Lipinski definition) is 4. The molecule has 1 N–H and O–H groups in total. The third kappa shape index (κ3) is 3.68. The zero-order valence-electron chi connectivity index (χ0n) is 11.4. The van der Waals surface area contributed by atoms with Crippen LogP contribution in [0, 0.1) is 6.92 Å². The Hall–Kier alpha value is -1.73. The van der Waals surface area contributed by atoms with Crippen molar-refractivity contribution in [1.29, 1.82) is 0 Å². The molecule has 5 nitrogen and oxygen atoms in total. The number of carbonyl (C=O) groups is 1. The first-order valence-corrected chi connectivity index (χ1v) is 8.33. The summed E-state index contributed by atoms with van der Waals surface area (Å²) in [5.41, 5.74) is 1.04. The summed E-state index contributed by atoms with van der Waals surface area (Å²) in [6.45, 7) is 3.14. The maximum absolute atomic E-state index is 12.3. The molecule has 1 aromatic carbocycles. The van der Waals surface area contributed by atoms with E-state index in [4.69, 9.17) is 0 Å². The molecule has 0 bridgehead atoms. The van der Waals surface area contributed by atoms with Crippen molar-refractivity contribution in [3.63, 3.8) is 0 Å². The molecule has 0 unspecified atom stereocenters. The molecule has 2 aromatic rings. The van der Waals surface area contributed by atoms with Gasteiger partial charge in [-0.25, -0.2) is 13.4 Å². The van der Waals surface area contributed by atoms with E-state index in [2.05, 4.69) is 25.6 Å². The molecule has 7 heteroatoms. The molecule has 0 spiro atoms. The van der Waals surface area contributed by atoms with Gasteiger partial charge in [0.25, 0.3) is 10.0 Å². The lowest BCUT2D eigenvalue weighted by Crippen LogP contribution is -2.15. The number of ketones is 1. The van der Waals surface area contributed by atoms with Gasteiger partial charge in [-0.15, -0.1) is 0 Å². The molecular formula is C14H13BrN2O3S. The zero-order valence-corrected chi connectivity index (χ0v) is 13.8. The average Bonchev–Trinajstić information content (AvgIpc) is 2.42. The van der Waals surface area contributed by atoms with Crippen LogP contribution in [0.3, 0.4) is 0 Å². The Kier molecular flexibility index (Phi) is 4.43. The molecule has 0 radical (unpaired) electrons. The molecule has 0 aliphatic rings. The first-order valence-electron chi connectivity index (χ1n) is 6.05. The van der Waals surface area contributed by atoms with Gasteiger partial charge in [0.1, 0.15) is 5.82 Å². The van der Waals surface area contributed by atoms with Crippen molar-refractivity contribution in [2.24, 2.45) is 0 Å². The van der Waals surface area contributed by atoms with E-state index >= 15 is 0 Å². The summed E-state index contributed by atoms with van der Waals surface area (Å²) in [5, 5.41) is 0. The minimum atomic E-state index is -3.78. The maximum atomic E-state index is 12.3. The second kappa shape index (κ2) is 5.95. The molecular weight excluding hydrogens is 356 g/mol. The minimum absolute atomic E-state index is 0.0271. The second-order valence-corrected chi connectivity index (χ2v) is 7.11. The summed E-state index contributed by atoms with van der Waals surface area (Å²) in [5.74, 6) is 0.0661. The number of halogens is 1. The number of aromatic nitrogens is 1. The summed E-state index contributed by atoms with van der Waals surface area (Å²) in [6.07, 6.45) is 1.51. The number of hydrogen-bond donors (Lipinski definition) is 1. The maximum Gasteiger partial charge on any atom is 0.263 e. The second-order valence-electron chi connectivity index (χ2n) is 4.51. The van der Waals surface area contributed by atoms with Crippen LogP contribution in [0.15, 0.2) is 45.9 Å². The van der Waals surface area contributed by atoms with Crippen molar-refractivity contribution >= 4 is 37.6 Å². The van der Waals surface area contributed by atoms with E-state index in [0.717, 1.165) is 4.47 Å². The number of carbonyl (C=O) groups excluding carboxylic acids is 1. The van der Waals surface area contributed by atoms with Gasteiger partial charge in [-0.3, -0.25) is 9.52 Å². The van der Waals surface area contributed by atoms with Crippen LogP contribution in [0.5, 0.6) is 0 Å². The number of Topliss-reactive ketones (excluding diaryl/α,β-unsaturated/α-hetero) is 1. The molecule has 0 amide bonds. The smallest absolute Gasteiger partial charge is 0.263 e. The van der Waals surface area contributed by atoms with Gasteiger partial charge in [-0.2, -0.15) is 0 Å². The van der Waals surface area contributed by atoms with Gasteiger partial charge in [-0.05, 0) is 53.5 Å². The SMILES string of the molecule is CC(=O)c1cccc(S(=O)(=O)Nc2ncc(Br)cc2C)c1. The van der Waals surface area contributed by atoms with Crippen LogP contribution < -0.4 is 4.72 Å². The van der Waals surface area contributed by atoms with Crippen molar-refractivity contribution in [3.8, 4) is 0 Å². The van der Waals surface area contributed by atoms with Gasteiger partial charge >= 0.3 is 0 Å². The Morgan fingerprint density at radius 3 is 2.62 bits per heavy atom. The van der Waals surface area contributed by atoms with E-state index in [9.17, 15) is 13.2 Å². The van der Waals surface area contributed by atoms with E-state index in [-0.39, 0.29) is 16.5 Å². The molecule has 21 heavy (non-hydrogen) atoms. The minimum Gasteiger partial charge on any atom is -0.295 e. The fraction of sp³-hybridized carbons (Fsp3) is 0.143. The molecule has 0 fully saturated rings. The Bertz CT molecular complexity index is 804. The largest absolute Gasteiger partial charge is 0.295 e. The zero-order chi connectivity index (χ0) is 15.6. The van der Waals surface area contributed by atoms with Gasteiger partial charge in [0.2, 0.25) is 0 Å². The van der Waals surface area contributed by atoms with Crippen molar-refractivity contribution in [2.45, 2.75) is 18.7 Å². The fourth-order valence-electron chi connectivity index (χ4n) is 1.72. The predicted octanol–water partition coefficient (Wildman–Crippen LogP) is 3.16. The predicted molar refractivity (Wildman–Crippen MR) is 83.9 cm³/mol. The lowest BCUT2D eigenvalue weighted by atomic mass is 10.2. The third-order valence-electron chi connectivity index (χ3n) is 2.83. The lowest BCUT2D eigenvalue weighted by Gasteiger charge is -2.10. The van der Waals surface area contributed by atoms with E-state index in [1.165, 1.54) is 31.3 Å². The highest BCUT2D eigenvalue weighted by atomic mass is 79.9. The normalized spacial score (nSPS) is 11.2. The first-order chi connectivity index (χ1) is 9.79. The fourth-order valence-corrected chi connectivity index (χ4v) is 3.29. The van der Waals surface area contributed by atoms with Crippen LogP contribution in [0.1, 0.15) is 22.8 Å². The monoisotopic (exact) mass is 368 g/mol. The van der Waals surface area contributed by atoms with Crippen molar-refractivity contribution in [2.75, 3.05) is 4.72 Å². The molecule has 0 aliphatic carbocycles. The highest BCUT2D eigenvalue weighted by molar-refractivity contribution is 9.10. The van der Waals surface area contributed by atoms with E-state index in [1.54, 1.807) is 19.1 Å². The summed E-state index contributed by atoms with van der Waals surface area (Å²) in [4.78, 5) is 15.4. The summed E-state index contributed by atoms with van der Waals surface area (Å²) in [7, 11) is -3.78. The van der Waals surface area contributed by atoms with Crippen LogP contribution in [-0.2, 0) is 10.0 Å². The average molecular weight is 369 g/mol.